The molecule has 9 nitrogen and oxygen atoms in total. The van der Waals surface area contributed by atoms with Gasteiger partial charge in [-0.1, -0.05) is 54.1 Å². The number of hydrogen-bond donors (Lipinski definition) is 2. The topological polar surface area (TPSA) is 127 Å². The number of anilines is 2. The fourth-order valence-corrected chi connectivity index (χ4v) is 3.77. The maximum absolute atomic E-state index is 12.8. The van der Waals surface area contributed by atoms with Crippen molar-refractivity contribution in [3.8, 4) is 11.3 Å². The summed E-state index contributed by atoms with van der Waals surface area (Å²) in [5, 5.41) is 0.529. The van der Waals surface area contributed by atoms with E-state index in [9.17, 15) is 14.4 Å². The molecule has 0 radical (unpaired) electrons. The highest BCUT2D eigenvalue weighted by Gasteiger charge is 2.21. The van der Waals surface area contributed by atoms with Crippen LogP contribution >= 0.6 is 11.6 Å². The Morgan fingerprint density at radius 1 is 1.15 bits per heavy atom. The zero-order valence-corrected chi connectivity index (χ0v) is 19.1. The van der Waals surface area contributed by atoms with Gasteiger partial charge in [-0.2, -0.15) is 0 Å². The van der Waals surface area contributed by atoms with Crippen molar-refractivity contribution >= 4 is 29.0 Å². The first-order chi connectivity index (χ1) is 16.3. The molecule has 10 heteroatoms. The number of halogens is 1. The second-order valence-corrected chi connectivity index (χ2v) is 8.02. The lowest BCUT2D eigenvalue weighted by atomic mass is 10.2. The summed E-state index contributed by atoms with van der Waals surface area (Å²) in [6.45, 7) is 0.151. The number of amides is 1. The molecule has 0 aliphatic rings. The number of carbonyl (C=O) groups excluding carboxylic acids is 1. The van der Waals surface area contributed by atoms with E-state index in [1.54, 1.807) is 12.3 Å². The lowest BCUT2D eigenvalue weighted by molar-refractivity contribution is -0.118. The molecule has 2 aromatic heterocycles. The van der Waals surface area contributed by atoms with Gasteiger partial charge in [0, 0.05) is 25.5 Å². The van der Waals surface area contributed by atoms with Crippen LogP contribution in [0.4, 0.5) is 11.5 Å². The van der Waals surface area contributed by atoms with Crippen LogP contribution in [0.25, 0.3) is 11.3 Å². The van der Waals surface area contributed by atoms with Crippen LogP contribution in [0.15, 0.2) is 74.8 Å². The minimum absolute atomic E-state index is 0.00959. The van der Waals surface area contributed by atoms with Crippen LogP contribution in [0, 0.1) is 0 Å². The standard InChI is InChI=1S/C24H22ClN5O4/c1-29(20(31)12-11-19-27-13-18(34-19)16-9-5-6-10-17(16)25)21-22(26)30(24(33)28-23(21)32)14-15-7-3-2-4-8-15/h2-10,13H,11-12,14,26H2,1H3,(H,28,32,33). The van der Waals surface area contributed by atoms with Crippen molar-refractivity contribution in [2.24, 2.45) is 0 Å². The van der Waals surface area contributed by atoms with Crippen molar-refractivity contribution in [1.29, 1.82) is 0 Å². The number of aromatic amines is 1. The smallest absolute Gasteiger partial charge is 0.330 e. The van der Waals surface area contributed by atoms with Gasteiger partial charge in [0.1, 0.15) is 5.82 Å². The molecule has 0 fully saturated rings. The van der Waals surface area contributed by atoms with Crippen LogP contribution in [0.1, 0.15) is 17.9 Å². The molecule has 1 amide bonds. The van der Waals surface area contributed by atoms with Gasteiger partial charge in [-0.3, -0.25) is 19.1 Å². The second-order valence-electron chi connectivity index (χ2n) is 7.62. The fraction of sp³-hybridized carbons (Fsp3) is 0.167. The number of aromatic nitrogens is 3. The first-order valence-corrected chi connectivity index (χ1v) is 10.9. The van der Waals surface area contributed by atoms with Crippen molar-refractivity contribution in [3.05, 3.63) is 98.1 Å². The molecular formula is C24H22ClN5O4. The Hall–Kier alpha value is -4.11. The molecule has 0 saturated carbocycles. The maximum atomic E-state index is 12.8. The van der Waals surface area contributed by atoms with E-state index in [4.69, 9.17) is 21.8 Å². The lowest BCUT2D eigenvalue weighted by Crippen LogP contribution is -2.39. The van der Waals surface area contributed by atoms with Crippen molar-refractivity contribution in [3.63, 3.8) is 0 Å². The number of hydrogen-bond acceptors (Lipinski definition) is 6. The normalized spacial score (nSPS) is 10.9. The van der Waals surface area contributed by atoms with Gasteiger partial charge in [-0.25, -0.2) is 9.78 Å². The summed E-state index contributed by atoms with van der Waals surface area (Å²) >= 11 is 6.19. The number of nitrogens with zero attached hydrogens (tertiary/aromatic N) is 3. The van der Waals surface area contributed by atoms with Crippen molar-refractivity contribution in [2.75, 3.05) is 17.7 Å². The van der Waals surface area contributed by atoms with E-state index in [1.165, 1.54) is 11.6 Å². The maximum Gasteiger partial charge on any atom is 0.330 e. The molecule has 0 aliphatic heterocycles. The minimum atomic E-state index is -0.736. The third-order valence-electron chi connectivity index (χ3n) is 5.35. The predicted octanol–water partition coefficient (Wildman–Crippen LogP) is 3.07. The van der Waals surface area contributed by atoms with Crippen LogP contribution in [-0.2, 0) is 17.8 Å². The number of benzene rings is 2. The highest BCUT2D eigenvalue weighted by molar-refractivity contribution is 6.33. The van der Waals surface area contributed by atoms with Crippen molar-refractivity contribution in [2.45, 2.75) is 19.4 Å². The summed E-state index contributed by atoms with van der Waals surface area (Å²) in [4.78, 5) is 45.3. The van der Waals surface area contributed by atoms with Crippen LogP contribution in [0.5, 0.6) is 0 Å². The SMILES string of the molecule is CN(C(=O)CCc1ncc(-c2ccccc2Cl)o1)c1c(N)n(Cc2ccccc2)c(=O)[nH]c1=O. The third kappa shape index (κ3) is 4.79. The molecule has 2 aromatic carbocycles. The van der Waals surface area contributed by atoms with Gasteiger partial charge in [0.05, 0.1) is 17.8 Å². The molecule has 4 aromatic rings. The molecule has 4 rings (SSSR count). The van der Waals surface area contributed by atoms with E-state index in [-0.39, 0.29) is 36.8 Å². The van der Waals surface area contributed by atoms with Crippen LogP contribution in [0.3, 0.4) is 0 Å². The molecule has 0 unspecified atom stereocenters. The summed E-state index contributed by atoms with van der Waals surface area (Å²) in [5.74, 6) is 0.368. The number of oxazole rings is 1. The van der Waals surface area contributed by atoms with E-state index < -0.39 is 11.2 Å². The molecule has 0 aliphatic carbocycles. The second kappa shape index (κ2) is 9.80. The monoisotopic (exact) mass is 479 g/mol. The van der Waals surface area contributed by atoms with Gasteiger partial charge in [0.25, 0.3) is 5.56 Å². The van der Waals surface area contributed by atoms with Gasteiger partial charge in [-0.05, 0) is 17.7 Å². The van der Waals surface area contributed by atoms with Gasteiger partial charge in [-0.15, -0.1) is 0 Å². The van der Waals surface area contributed by atoms with Gasteiger partial charge in [0.2, 0.25) is 5.91 Å². The largest absolute Gasteiger partial charge is 0.441 e. The first kappa shape index (κ1) is 23.1. The van der Waals surface area contributed by atoms with Gasteiger partial charge >= 0.3 is 5.69 Å². The molecule has 174 valence electrons. The summed E-state index contributed by atoms with van der Waals surface area (Å²) in [5.41, 5.74) is 6.21. The summed E-state index contributed by atoms with van der Waals surface area (Å²) in [6.07, 6.45) is 1.76. The van der Waals surface area contributed by atoms with Crippen LogP contribution in [0.2, 0.25) is 5.02 Å². The van der Waals surface area contributed by atoms with Crippen molar-refractivity contribution < 1.29 is 9.21 Å². The number of aryl methyl sites for hydroxylation is 1. The number of H-pyrrole nitrogens is 1. The number of carbonyl (C=O) groups is 1. The molecule has 2 heterocycles. The summed E-state index contributed by atoms with van der Waals surface area (Å²) in [7, 11) is 1.44. The number of nitrogens with two attached hydrogens (primary N) is 1. The Labute approximate surface area is 199 Å². The Morgan fingerprint density at radius 2 is 1.85 bits per heavy atom. The summed E-state index contributed by atoms with van der Waals surface area (Å²) < 4.78 is 6.95. The van der Waals surface area contributed by atoms with Crippen molar-refractivity contribution in [1.82, 2.24) is 14.5 Å². The molecule has 3 N–H and O–H groups in total. The molecule has 34 heavy (non-hydrogen) atoms. The third-order valence-corrected chi connectivity index (χ3v) is 5.68. The first-order valence-electron chi connectivity index (χ1n) is 10.5. The molecular weight excluding hydrogens is 458 g/mol. The van der Waals surface area contributed by atoms with E-state index in [0.29, 0.717) is 22.2 Å². The lowest BCUT2D eigenvalue weighted by Gasteiger charge is -2.20. The van der Waals surface area contributed by atoms with E-state index in [2.05, 4.69) is 9.97 Å². The predicted molar refractivity (Wildman–Crippen MR) is 130 cm³/mol. The van der Waals surface area contributed by atoms with E-state index >= 15 is 0 Å². The average molecular weight is 480 g/mol. The number of rotatable bonds is 7. The quantitative estimate of drug-likeness (QED) is 0.419. The van der Waals surface area contributed by atoms with Gasteiger partial charge < -0.3 is 15.1 Å². The Balaban J connectivity index is 1.51. The average Bonchev–Trinajstić information content (AvgIpc) is 3.29. The summed E-state index contributed by atoms with van der Waals surface area (Å²) in [6, 6.07) is 16.4. The zero-order chi connectivity index (χ0) is 24.2. The highest BCUT2D eigenvalue weighted by atomic mass is 35.5. The Morgan fingerprint density at radius 3 is 2.59 bits per heavy atom. The minimum Gasteiger partial charge on any atom is -0.441 e. The van der Waals surface area contributed by atoms with Gasteiger partial charge in [0.15, 0.2) is 17.3 Å². The van der Waals surface area contributed by atoms with Crippen LogP contribution in [-0.4, -0.2) is 27.5 Å². The Bertz CT molecular complexity index is 1440. The highest BCUT2D eigenvalue weighted by Crippen LogP contribution is 2.28. The van der Waals surface area contributed by atoms with E-state index in [0.717, 1.165) is 10.5 Å². The number of nitrogens with one attached hydrogen (secondary N) is 1. The zero-order valence-electron chi connectivity index (χ0n) is 18.3. The Kier molecular flexibility index (Phi) is 6.65. The molecule has 0 bridgehead atoms. The molecule has 0 saturated heterocycles. The fourth-order valence-electron chi connectivity index (χ4n) is 3.54. The molecule has 0 spiro atoms. The van der Waals surface area contributed by atoms with Crippen LogP contribution < -0.4 is 21.9 Å². The van der Waals surface area contributed by atoms with E-state index in [1.807, 2.05) is 48.5 Å². The number of nitrogen functional groups attached to an aromatic ring is 1. The molecule has 0 atom stereocenters.